The molecule has 5 nitrogen and oxygen atoms in total. The van der Waals surface area contributed by atoms with E-state index in [1.54, 1.807) is 19.2 Å². The summed E-state index contributed by atoms with van der Waals surface area (Å²) in [7, 11) is 1.65. The minimum atomic E-state index is -0.409. The SMILES string of the molecule is COCC(C)CNc1ccc(Br)c([N+](=O)[O-])c1. The average molecular weight is 303 g/mol. The Kier molecular flexibility index (Phi) is 5.37. The molecule has 0 amide bonds. The molecule has 94 valence electrons. The number of ether oxygens (including phenoxy) is 1. The summed E-state index contributed by atoms with van der Waals surface area (Å²) < 4.78 is 5.50. The largest absolute Gasteiger partial charge is 0.384 e. The second kappa shape index (κ2) is 6.56. The Labute approximate surface area is 108 Å². The predicted molar refractivity (Wildman–Crippen MR) is 70.3 cm³/mol. The molecule has 0 aliphatic heterocycles. The van der Waals surface area contributed by atoms with Crippen molar-refractivity contribution in [3.63, 3.8) is 0 Å². The van der Waals surface area contributed by atoms with Crippen LogP contribution in [0.15, 0.2) is 22.7 Å². The molecule has 0 spiro atoms. The zero-order valence-electron chi connectivity index (χ0n) is 9.77. The summed E-state index contributed by atoms with van der Waals surface area (Å²) in [4.78, 5) is 10.3. The molecule has 1 atom stereocenters. The van der Waals surface area contributed by atoms with Crippen molar-refractivity contribution in [2.24, 2.45) is 5.92 Å². The summed E-state index contributed by atoms with van der Waals surface area (Å²) in [6, 6.07) is 4.99. The molecule has 1 aromatic rings. The van der Waals surface area contributed by atoms with Gasteiger partial charge in [0.2, 0.25) is 0 Å². The van der Waals surface area contributed by atoms with Gasteiger partial charge in [-0.15, -0.1) is 0 Å². The highest BCUT2D eigenvalue weighted by atomic mass is 79.9. The second-order valence-electron chi connectivity index (χ2n) is 3.86. The standard InChI is InChI=1S/C11H15BrN2O3/c1-8(7-17-2)6-13-9-3-4-10(12)11(5-9)14(15)16/h3-5,8,13H,6-7H2,1-2H3. The van der Waals surface area contributed by atoms with Crippen LogP contribution in [0, 0.1) is 16.0 Å². The van der Waals surface area contributed by atoms with E-state index in [-0.39, 0.29) is 5.69 Å². The van der Waals surface area contributed by atoms with Crippen LogP contribution in [0.5, 0.6) is 0 Å². The Morgan fingerprint density at radius 2 is 2.29 bits per heavy atom. The van der Waals surface area contributed by atoms with Crippen LogP contribution in [0.3, 0.4) is 0 Å². The van der Waals surface area contributed by atoms with Gasteiger partial charge in [-0.05, 0) is 34.0 Å². The first-order valence-electron chi connectivity index (χ1n) is 5.21. The second-order valence-corrected chi connectivity index (χ2v) is 4.72. The van der Waals surface area contributed by atoms with Gasteiger partial charge in [0, 0.05) is 25.4 Å². The minimum Gasteiger partial charge on any atom is -0.384 e. The van der Waals surface area contributed by atoms with Crippen molar-refractivity contribution in [3.05, 3.63) is 32.8 Å². The molecule has 0 radical (unpaired) electrons. The van der Waals surface area contributed by atoms with Crippen molar-refractivity contribution in [2.45, 2.75) is 6.92 Å². The van der Waals surface area contributed by atoms with E-state index in [4.69, 9.17) is 4.74 Å². The van der Waals surface area contributed by atoms with Crippen LogP contribution in [0.4, 0.5) is 11.4 Å². The van der Waals surface area contributed by atoms with Crippen molar-refractivity contribution in [3.8, 4) is 0 Å². The van der Waals surface area contributed by atoms with Crippen molar-refractivity contribution in [1.82, 2.24) is 0 Å². The third kappa shape index (κ3) is 4.32. The first kappa shape index (κ1) is 13.9. The zero-order valence-corrected chi connectivity index (χ0v) is 11.4. The molecule has 1 rings (SSSR count). The van der Waals surface area contributed by atoms with E-state index in [9.17, 15) is 10.1 Å². The summed E-state index contributed by atoms with van der Waals surface area (Å²) in [5.74, 6) is 0.350. The maximum Gasteiger partial charge on any atom is 0.285 e. The van der Waals surface area contributed by atoms with E-state index in [0.29, 0.717) is 23.5 Å². The molecule has 0 heterocycles. The Bertz CT molecular complexity index is 398. The fourth-order valence-corrected chi connectivity index (χ4v) is 1.79. The Morgan fingerprint density at radius 1 is 1.59 bits per heavy atom. The van der Waals surface area contributed by atoms with Crippen LogP contribution in [-0.4, -0.2) is 25.2 Å². The zero-order chi connectivity index (χ0) is 12.8. The maximum atomic E-state index is 10.7. The number of nitrogens with one attached hydrogen (secondary N) is 1. The number of hydrogen-bond acceptors (Lipinski definition) is 4. The molecule has 0 bridgehead atoms. The third-order valence-electron chi connectivity index (χ3n) is 2.25. The Balaban J connectivity index is 2.66. The lowest BCUT2D eigenvalue weighted by atomic mass is 10.2. The highest BCUT2D eigenvalue weighted by Crippen LogP contribution is 2.27. The van der Waals surface area contributed by atoms with Gasteiger partial charge in [0.05, 0.1) is 16.0 Å². The normalized spacial score (nSPS) is 12.2. The molecule has 1 unspecified atom stereocenters. The highest BCUT2D eigenvalue weighted by molar-refractivity contribution is 9.10. The summed E-state index contributed by atoms with van der Waals surface area (Å²) >= 11 is 3.15. The minimum absolute atomic E-state index is 0.0643. The number of benzene rings is 1. The van der Waals surface area contributed by atoms with Crippen molar-refractivity contribution < 1.29 is 9.66 Å². The lowest BCUT2D eigenvalue weighted by Crippen LogP contribution is -2.15. The molecule has 0 aliphatic carbocycles. The molecule has 6 heteroatoms. The molecular formula is C11H15BrN2O3. The van der Waals surface area contributed by atoms with Crippen molar-refractivity contribution in [1.29, 1.82) is 0 Å². The van der Waals surface area contributed by atoms with E-state index in [2.05, 4.69) is 21.2 Å². The highest BCUT2D eigenvalue weighted by Gasteiger charge is 2.12. The summed E-state index contributed by atoms with van der Waals surface area (Å²) in [5, 5.41) is 13.9. The van der Waals surface area contributed by atoms with Crippen LogP contribution in [0.25, 0.3) is 0 Å². The Morgan fingerprint density at radius 3 is 2.88 bits per heavy atom. The smallest absolute Gasteiger partial charge is 0.285 e. The molecule has 0 aromatic heterocycles. The number of hydrogen-bond donors (Lipinski definition) is 1. The number of methoxy groups -OCH3 is 1. The fraction of sp³-hybridized carbons (Fsp3) is 0.455. The summed E-state index contributed by atoms with van der Waals surface area (Å²) in [6.45, 7) is 3.42. The number of nitro benzene ring substituents is 1. The Hall–Kier alpha value is -1.14. The molecule has 0 aliphatic rings. The van der Waals surface area contributed by atoms with Gasteiger partial charge in [-0.1, -0.05) is 6.92 Å². The molecule has 1 N–H and O–H groups in total. The first-order valence-corrected chi connectivity index (χ1v) is 6.00. The quantitative estimate of drug-likeness (QED) is 0.648. The van der Waals surface area contributed by atoms with E-state index in [0.717, 1.165) is 5.69 Å². The van der Waals surface area contributed by atoms with Crippen LogP contribution in [-0.2, 0) is 4.74 Å². The lowest BCUT2D eigenvalue weighted by Gasteiger charge is -2.12. The molecule has 0 saturated carbocycles. The average Bonchev–Trinajstić information content (AvgIpc) is 2.28. The number of nitrogens with zero attached hydrogens (tertiary/aromatic N) is 1. The van der Waals surface area contributed by atoms with E-state index < -0.39 is 4.92 Å². The third-order valence-corrected chi connectivity index (χ3v) is 2.92. The predicted octanol–water partition coefficient (Wildman–Crippen LogP) is 3.05. The first-order chi connectivity index (χ1) is 8.04. The van der Waals surface area contributed by atoms with Gasteiger partial charge in [-0.25, -0.2) is 0 Å². The number of halogens is 1. The van der Waals surface area contributed by atoms with Crippen LogP contribution in [0.2, 0.25) is 0 Å². The lowest BCUT2D eigenvalue weighted by molar-refractivity contribution is -0.385. The van der Waals surface area contributed by atoms with Gasteiger partial charge in [0.1, 0.15) is 0 Å². The van der Waals surface area contributed by atoms with E-state index in [1.165, 1.54) is 6.07 Å². The summed E-state index contributed by atoms with van der Waals surface area (Å²) in [5.41, 5.74) is 0.803. The van der Waals surface area contributed by atoms with E-state index in [1.807, 2.05) is 6.92 Å². The van der Waals surface area contributed by atoms with Gasteiger partial charge in [0.25, 0.3) is 5.69 Å². The number of nitro groups is 1. The van der Waals surface area contributed by atoms with Gasteiger partial charge in [-0.3, -0.25) is 10.1 Å². The van der Waals surface area contributed by atoms with Gasteiger partial charge in [0.15, 0.2) is 0 Å². The molecule has 0 saturated heterocycles. The number of anilines is 1. The van der Waals surface area contributed by atoms with Crippen LogP contribution < -0.4 is 5.32 Å². The van der Waals surface area contributed by atoms with Crippen molar-refractivity contribution >= 4 is 27.3 Å². The van der Waals surface area contributed by atoms with Crippen LogP contribution in [0.1, 0.15) is 6.92 Å². The topological polar surface area (TPSA) is 64.4 Å². The monoisotopic (exact) mass is 302 g/mol. The number of rotatable bonds is 6. The van der Waals surface area contributed by atoms with Crippen LogP contribution >= 0.6 is 15.9 Å². The molecule has 17 heavy (non-hydrogen) atoms. The molecule has 1 aromatic carbocycles. The van der Waals surface area contributed by atoms with Gasteiger partial charge in [-0.2, -0.15) is 0 Å². The van der Waals surface area contributed by atoms with Crippen molar-refractivity contribution in [2.75, 3.05) is 25.6 Å². The fourth-order valence-electron chi connectivity index (χ4n) is 1.40. The maximum absolute atomic E-state index is 10.7. The molecule has 0 fully saturated rings. The molecular weight excluding hydrogens is 288 g/mol. The van der Waals surface area contributed by atoms with E-state index >= 15 is 0 Å². The van der Waals surface area contributed by atoms with Gasteiger partial charge >= 0.3 is 0 Å². The summed E-state index contributed by atoms with van der Waals surface area (Å²) in [6.07, 6.45) is 0. The van der Waals surface area contributed by atoms with Gasteiger partial charge < -0.3 is 10.1 Å².